The van der Waals surface area contributed by atoms with Crippen LogP contribution in [-0.2, 0) is 6.54 Å². The molecule has 0 bridgehead atoms. The van der Waals surface area contributed by atoms with Crippen LogP contribution in [0.2, 0.25) is 0 Å². The topological polar surface area (TPSA) is 45.4 Å². The summed E-state index contributed by atoms with van der Waals surface area (Å²) < 4.78 is 0. The molecular weight excluding hydrogens is 188 g/mol. The maximum Gasteiger partial charge on any atom is 0.0390 e. The molecule has 2 rings (SSSR count). The highest BCUT2D eigenvalue weighted by Gasteiger charge is 2.14. The second kappa shape index (κ2) is 4.59. The lowest BCUT2D eigenvalue weighted by molar-refractivity contribution is 0.148. The van der Waals surface area contributed by atoms with E-state index in [1.807, 2.05) is 12.3 Å². The highest BCUT2D eigenvalue weighted by Crippen LogP contribution is 2.12. The third-order valence-corrected chi connectivity index (χ3v) is 2.93. The number of nitrogen functional groups attached to an aromatic ring is 1. The normalized spacial score (nSPS) is 19.3. The van der Waals surface area contributed by atoms with Gasteiger partial charge in [0.15, 0.2) is 0 Å². The van der Waals surface area contributed by atoms with Crippen LogP contribution in [0.25, 0.3) is 0 Å². The van der Waals surface area contributed by atoms with E-state index in [-0.39, 0.29) is 0 Å². The summed E-state index contributed by atoms with van der Waals surface area (Å²) in [5, 5.41) is 0. The first-order valence-electron chi connectivity index (χ1n) is 5.35. The van der Waals surface area contributed by atoms with Crippen LogP contribution in [0.3, 0.4) is 0 Å². The van der Waals surface area contributed by atoms with Gasteiger partial charge in [-0.25, -0.2) is 0 Å². The Labute approximate surface area is 90.7 Å². The van der Waals surface area contributed by atoms with Gasteiger partial charge in [0.25, 0.3) is 0 Å². The molecule has 0 aliphatic carbocycles. The Balaban J connectivity index is 1.95. The number of nitrogens with zero attached hydrogens (tertiary/aromatic N) is 3. The number of rotatable bonds is 2. The largest absolute Gasteiger partial charge is 0.398 e. The minimum Gasteiger partial charge on any atom is -0.398 e. The van der Waals surface area contributed by atoms with Gasteiger partial charge < -0.3 is 10.6 Å². The number of piperazine rings is 1. The van der Waals surface area contributed by atoms with E-state index in [9.17, 15) is 0 Å². The van der Waals surface area contributed by atoms with Crippen molar-refractivity contribution < 1.29 is 0 Å². The number of anilines is 1. The number of pyridine rings is 1. The molecule has 4 heteroatoms. The number of hydrogen-bond donors (Lipinski definition) is 1. The van der Waals surface area contributed by atoms with Gasteiger partial charge in [-0.2, -0.15) is 0 Å². The Kier molecular flexibility index (Phi) is 3.18. The van der Waals surface area contributed by atoms with Crippen molar-refractivity contribution in [3.8, 4) is 0 Å². The first kappa shape index (κ1) is 10.4. The zero-order valence-corrected chi connectivity index (χ0v) is 9.19. The summed E-state index contributed by atoms with van der Waals surface area (Å²) in [6, 6.07) is 1.87. The first-order valence-corrected chi connectivity index (χ1v) is 5.35. The van der Waals surface area contributed by atoms with Crippen molar-refractivity contribution in [2.75, 3.05) is 39.0 Å². The maximum absolute atomic E-state index is 5.89. The van der Waals surface area contributed by atoms with Gasteiger partial charge in [-0.1, -0.05) is 0 Å². The molecule has 4 nitrogen and oxygen atoms in total. The average Bonchev–Trinajstić information content (AvgIpc) is 2.25. The van der Waals surface area contributed by atoms with Gasteiger partial charge in [0.05, 0.1) is 0 Å². The van der Waals surface area contributed by atoms with E-state index >= 15 is 0 Å². The summed E-state index contributed by atoms with van der Waals surface area (Å²) in [5.41, 5.74) is 7.88. The molecule has 0 spiro atoms. The number of aromatic nitrogens is 1. The standard InChI is InChI=1S/C11H18N4/c1-14-4-6-15(7-5-14)9-10-8-13-3-2-11(10)12/h2-3,8H,4-7,9H2,1H3,(H2,12,13). The van der Waals surface area contributed by atoms with Gasteiger partial charge in [-0.05, 0) is 13.1 Å². The van der Waals surface area contributed by atoms with Gasteiger partial charge in [0.1, 0.15) is 0 Å². The lowest BCUT2D eigenvalue weighted by Gasteiger charge is -2.32. The summed E-state index contributed by atoms with van der Waals surface area (Å²) in [5.74, 6) is 0. The smallest absolute Gasteiger partial charge is 0.0390 e. The lowest BCUT2D eigenvalue weighted by atomic mass is 10.2. The molecule has 15 heavy (non-hydrogen) atoms. The van der Waals surface area contributed by atoms with Crippen LogP contribution in [0.1, 0.15) is 5.56 Å². The molecule has 1 aromatic heterocycles. The third kappa shape index (κ3) is 2.67. The molecule has 1 aliphatic rings. The van der Waals surface area contributed by atoms with Crippen molar-refractivity contribution in [3.63, 3.8) is 0 Å². The fraction of sp³-hybridized carbons (Fsp3) is 0.545. The predicted molar refractivity (Wildman–Crippen MR) is 61.4 cm³/mol. The quantitative estimate of drug-likeness (QED) is 0.761. The Morgan fingerprint density at radius 3 is 2.73 bits per heavy atom. The van der Waals surface area contributed by atoms with Crippen LogP contribution in [0.15, 0.2) is 18.5 Å². The highest BCUT2D eigenvalue weighted by molar-refractivity contribution is 5.44. The van der Waals surface area contributed by atoms with Crippen LogP contribution in [0.5, 0.6) is 0 Å². The van der Waals surface area contributed by atoms with Gasteiger partial charge in [-0.3, -0.25) is 9.88 Å². The molecule has 0 aromatic carbocycles. The van der Waals surface area contributed by atoms with Gasteiger partial charge in [0.2, 0.25) is 0 Å². The molecule has 0 amide bonds. The second-order valence-electron chi connectivity index (χ2n) is 4.15. The van der Waals surface area contributed by atoms with E-state index < -0.39 is 0 Å². The van der Waals surface area contributed by atoms with E-state index in [1.54, 1.807) is 6.20 Å². The van der Waals surface area contributed by atoms with Crippen LogP contribution >= 0.6 is 0 Å². The molecule has 2 heterocycles. The Morgan fingerprint density at radius 1 is 1.33 bits per heavy atom. The van der Waals surface area contributed by atoms with E-state index in [4.69, 9.17) is 5.73 Å². The average molecular weight is 206 g/mol. The van der Waals surface area contributed by atoms with Gasteiger partial charge in [-0.15, -0.1) is 0 Å². The molecule has 0 atom stereocenters. The summed E-state index contributed by atoms with van der Waals surface area (Å²) in [4.78, 5) is 8.88. The molecule has 2 N–H and O–H groups in total. The minimum atomic E-state index is 0.851. The number of likely N-dealkylation sites (N-methyl/N-ethyl adjacent to an activating group) is 1. The third-order valence-electron chi connectivity index (χ3n) is 2.93. The van der Waals surface area contributed by atoms with E-state index in [2.05, 4.69) is 21.8 Å². The minimum absolute atomic E-state index is 0.851. The van der Waals surface area contributed by atoms with E-state index in [0.717, 1.165) is 44.0 Å². The van der Waals surface area contributed by atoms with Crippen LogP contribution in [0.4, 0.5) is 5.69 Å². The molecule has 0 unspecified atom stereocenters. The Morgan fingerprint density at radius 2 is 2.07 bits per heavy atom. The zero-order chi connectivity index (χ0) is 10.7. The second-order valence-corrected chi connectivity index (χ2v) is 4.15. The molecule has 1 fully saturated rings. The molecule has 0 saturated carbocycles. The summed E-state index contributed by atoms with van der Waals surface area (Å²) in [6.07, 6.45) is 3.61. The zero-order valence-electron chi connectivity index (χ0n) is 9.19. The van der Waals surface area contributed by atoms with E-state index in [1.165, 1.54) is 0 Å². The Hall–Kier alpha value is -1.13. The number of hydrogen-bond acceptors (Lipinski definition) is 4. The van der Waals surface area contributed by atoms with Crippen molar-refractivity contribution in [1.82, 2.24) is 14.8 Å². The fourth-order valence-electron chi connectivity index (χ4n) is 1.82. The molecule has 1 aliphatic heterocycles. The van der Waals surface area contributed by atoms with Crippen molar-refractivity contribution in [2.45, 2.75) is 6.54 Å². The lowest BCUT2D eigenvalue weighted by Crippen LogP contribution is -2.43. The first-order chi connectivity index (χ1) is 7.25. The van der Waals surface area contributed by atoms with Crippen LogP contribution < -0.4 is 5.73 Å². The highest BCUT2D eigenvalue weighted by atomic mass is 15.2. The molecular formula is C11H18N4. The van der Waals surface area contributed by atoms with Crippen LogP contribution in [-0.4, -0.2) is 48.0 Å². The van der Waals surface area contributed by atoms with Crippen molar-refractivity contribution in [1.29, 1.82) is 0 Å². The molecule has 1 saturated heterocycles. The summed E-state index contributed by atoms with van der Waals surface area (Å²) in [6.45, 7) is 5.43. The maximum atomic E-state index is 5.89. The molecule has 0 radical (unpaired) electrons. The van der Waals surface area contributed by atoms with E-state index in [0.29, 0.717) is 0 Å². The summed E-state index contributed by atoms with van der Waals surface area (Å²) >= 11 is 0. The number of nitrogens with two attached hydrogens (primary N) is 1. The summed E-state index contributed by atoms with van der Waals surface area (Å²) in [7, 11) is 2.16. The SMILES string of the molecule is CN1CCN(Cc2cnccc2N)CC1. The molecule has 1 aromatic rings. The predicted octanol–water partition coefficient (Wildman–Crippen LogP) is 0.411. The molecule has 82 valence electrons. The van der Waals surface area contributed by atoms with Crippen LogP contribution in [0, 0.1) is 0 Å². The monoisotopic (exact) mass is 206 g/mol. The van der Waals surface area contributed by atoms with Gasteiger partial charge in [0, 0.05) is 56.4 Å². The van der Waals surface area contributed by atoms with Crippen molar-refractivity contribution >= 4 is 5.69 Å². The van der Waals surface area contributed by atoms with Crippen molar-refractivity contribution in [3.05, 3.63) is 24.0 Å². The van der Waals surface area contributed by atoms with Gasteiger partial charge >= 0.3 is 0 Å². The van der Waals surface area contributed by atoms with Crippen molar-refractivity contribution in [2.24, 2.45) is 0 Å². The Bertz CT molecular complexity index is 318. The fourth-order valence-corrected chi connectivity index (χ4v) is 1.82.